The van der Waals surface area contributed by atoms with Crippen LogP contribution in [0, 0.1) is 12.3 Å². The zero-order chi connectivity index (χ0) is 11.3. The van der Waals surface area contributed by atoms with E-state index in [0.29, 0.717) is 6.61 Å². The molecule has 0 unspecified atom stereocenters. The number of hydrogen-bond donors (Lipinski definition) is 0. The lowest BCUT2D eigenvalue weighted by molar-refractivity contribution is -0.124. The van der Waals surface area contributed by atoms with Gasteiger partial charge in [0.2, 0.25) is 0 Å². The highest BCUT2D eigenvalue weighted by atomic mass is 16.5. The summed E-state index contributed by atoms with van der Waals surface area (Å²) >= 11 is 0. The third kappa shape index (κ3) is 3.84. The first-order valence-corrected chi connectivity index (χ1v) is 5.00. The van der Waals surface area contributed by atoms with Crippen molar-refractivity contribution >= 4 is 6.29 Å². The van der Waals surface area contributed by atoms with Crippen molar-refractivity contribution in [1.82, 2.24) is 0 Å². The van der Waals surface area contributed by atoms with Crippen LogP contribution >= 0.6 is 0 Å². The van der Waals surface area contributed by atoms with E-state index in [-0.39, 0.29) is 0 Å². The summed E-state index contributed by atoms with van der Waals surface area (Å²) < 4.78 is 5.51. The van der Waals surface area contributed by atoms with Crippen LogP contribution in [0.25, 0.3) is 0 Å². The van der Waals surface area contributed by atoms with E-state index in [0.717, 1.165) is 11.8 Å². The average Bonchev–Trinajstić information content (AvgIpc) is 2.18. The molecule has 0 aliphatic carbocycles. The van der Waals surface area contributed by atoms with E-state index in [1.807, 2.05) is 44.2 Å². The summed E-state index contributed by atoms with van der Waals surface area (Å²) in [6.45, 7) is 8.12. The molecule has 2 heteroatoms. The molecule has 0 amide bonds. The molecule has 0 aliphatic rings. The Bertz CT molecular complexity index is 298. The first-order chi connectivity index (χ1) is 7.04. The van der Waals surface area contributed by atoms with Crippen molar-refractivity contribution in [2.24, 2.45) is 5.41 Å². The Balaban J connectivity index is 2.52. The number of aldehydes is 1. The molecule has 1 rings (SSSR count). The minimum atomic E-state index is -0.460. The van der Waals surface area contributed by atoms with Gasteiger partial charge in [0.05, 0.1) is 6.61 Å². The van der Waals surface area contributed by atoms with Gasteiger partial charge in [0.25, 0.3) is 0 Å². The Morgan fingerprint density at radius 3 is 2.47 bits per heavy atom. The molecular weight excluding hydrogens is 188 g/mol. The largest absolute Gasteiger partial charge is 0.366 e. The van der Waals surface area contributed by atoms with Crippen molar-refractivity contribution in [2.45, 2.75) is 26.6 Å². The normalized spacial score (nSPS) is 13.5. The quantitative estimate of drug-likeness (QED) is 0.691. The van der Waals surface area contributed by atoms with Crippen LogP contribution in [-0.4, -0.2) is 12.4 Å². The second kappa shape index (κ2) is 5.08. The van der Waals surface area contributed by atoms with E-state index in [2.05, 4.69) is 6.92 Å². The predicted octanol–water partition coefficient (Wildman–Crippen LogP) is 2.63. The van der Waals surface area contributed by atoms with Gasteiger partial charge in [0.15, 0.2) is 0 Å². The van der Waals surface area contributed by atoms with E-state index in [1.165, 1.54) is 0 Å². The standard InChI is InChI=1S/C13H17O2/c1-13(2,3)12(9-14)15-10-11-7-5-4-6-8-11/h4-9,12H,1,10H2,2-3H3/t12-/m0/s1. The van der Waals surface area contributed by atoms with Gasteiger partial charge >= 0.3 is 0 Å². The molecule has 1 aromatic rings. The van der Waals surface area contributed by atoms with E-state index in [9.17, 15) is 4.79 Å². The van der Waals surface area contributed by atoms with Gasteiger partial charge in [-0.25, -0.2) is 0 Å². The van der Waals surface area contributed by atoms with Gasteiger partial charge in [0.1, 0.15) is 12.4 Å². The highest BCUT2D eigenvalue weighted by Gasteiger charge is 2.24. The van der Waals surface area contributed by atoms with E-state index >= 15 is 0 Å². The highest BCUT2D eigenvalue weighted by Crippen LogP contribution is 2.21. The van der Waals surface area contributed by atoms with Crippen molar-refractivity contribution in [3.05, 3.63) is 42.8 Å². The minimum absolute atomic E-state index is 0.392. The summed E-state index contributed by atoms with van der Waals surface area (Å²) in [4.78, 5) is 10.8. The molecular formula is C13H17O2. The molecule has 0 aliphatic heterocycles. The maximum atomic E-state index is 10.8. The fraction of sp³-hybridized carbons (Fsp3) is 0.385. The zero-order valence-corrected chi connectivity index (χ0v) is 9.27. The fourth-order valence-corrected chi connectivity index (χ4v) is 1.21. The van der Waals surface area contributed by atoms with Crippen molar-refractivity contribution in [3.63, 3.8) is 0 Å². The fourth-order valence-electron chi connectivity index (χ4n) is 1.21. The summed E-state index contributed by atoms with van der Waals surface area (Å²) in [7, 11) is 0. The van der Waals surface area contributed by atoms with Crippen LogP contribution in [0.4, 0.5) is 0 Å². The second-order valence-corrected chi connectivity index (χ2v) is 4.34. The smallest absolute Gasteiger partial charge is 0.149 e. The van der Waals surface area contributed by atoms with Crippen molar-refractivity contribution < 1.29 is 9.53 Å². The Labute approximate surface area is 91.3 Å². The van der Waals surface area contributed by atoms with Crippen LogP contribution < -0.4 is 0 Å². The zero-order valence-electron chi connectivity index (χ0n) is 9.27. The third-order valence-electron chi connectivity index (χ3n) is 2.17. The Morgan fingerprint density at radius 2 is 2.00 bits per heavy atom. The van der Waals surface area contributed by atoms with Gasteiger partial charge in [-0.2, -0.15) is 0 Å². The first-order valence-electron chi connectivity index (χ1n) is 5.00. The van der Waals surface area contributed by atoms with Crippen molar-refractivity contribution in [2.75, 3.05) is 0 Å². The average molecular weight is 205 g/mol. The van der Waals surface area contributed by atoms with Gasteiger partial charge in [0, 0.05) is 0 Å². The van der Waals surface area contributed by atoms with E-state index in [4.69, 9.17) is 4.74 Å². The lowest BCUT2D eigenvalue weighted by Crippen LogP contribution is -2.30. The van der Waals surface area contributed by atoms with Gasteiger partial charge in [-0.1, -0.05) is 44.2 Å². The van der Waals surface area contributed by atoms with Crippen molar-refractivity contribution in [3.8, 4) is 0 Å². The molecule has 0 N–H and O–H groups in total. The maximum Gasteiger partial charge on any atom is 0.149 e. The summed E-state index contributed by atoms with van der Waals surface area (Å²) in [5.74, 6) is 0. The molecule has 81 valence electrons. The molecule has 0 heterocycles. The summed E-state index contributed by atoms with van der Waals surface area (Å²) in [6, 6.07) is 9.79. The molecule has 0 saturated heterocycles. The molecule has 0 bridgehead atoms. The van der Waals surface area contributed by atoms with Crippen molar-refractivity contribution in [1.29, 1.82) is 0 Å². The number of carbonyl (C=O) groups is 1. The Hall–Kier alpha value is -1.15. The van der Waals surface area contributed by atoms with E-state index in [1.54, 1.807) is 0 Å². The molecule has 15 heavy (non-hydrogen) atoms. The lowest BCUT2D eigenvalue weighted by atomic mass is 9.90. The van der Waals surface area contributed by atoms with Gasteiger partial charge < -0.3 is 9.53 Å². The van der Waals surface area contributed by atoms with Crippen LogP contribution in [0.1, 0.15) is 19.4 Å². The number of benzene rings is 1. The molecule has 2 nitrogen and oxygen atoms in total. The molecule has 0 fully saturated rings. The second-order valence-electron chi connectivity index (χ2n) is 4.34. The van der Waals surface area contributed by atoms with Crippen LogP contribution in [0.2, 0.25) is 0 Å². The Kier molecular flexibility index (Phi) is 4.04. The summed E-state index contributed by atoms with van der Waals surface area (Å²) in [6.07, 6.45) is 0.355. The molecule has 1 atom stereocenters. The SMILES string of the molecule is [CH2]C(C)(C)[C@H](C=O)OCc1ccccc1. The lowest BCUT2D eigenvalue weighted by Gasteiger charge is -2.25. The van der Waals surface area contributed by atoms with Gasteiger partial charge in [-0.15, -0.1) is 0 Å². The first kappa shape index (κ1) is 11.9. The summed E-state index contributed by atoms with van der Waals surface area (Å²) in [5, 5.41) is 0. The maximum absolute atomic E-state index is 10.8. The van der Waals surface area contributed by atoms with Gasteiger partial charge in [-0.05, 0) is 17.9 Å². The van der Waals surface area contributed by atoms with E-state index < -0.39 is 11.5 Å². The third-order valence-corrected chi connectivity index (χ3v) is 2.17. The topological polar surface area (TPSA) is 26.3 Å². The molecule has 0 spiro atoms. The number of carbonyl (C=O) groups excluding carboxylic acids is 1. The predicted molar refractivity (Wildman–Crippen MR) is 60.2 cm³/mol. The number of rotatable bonds is 5. The number of hydrogen-bond acceptors (Lipinski definition) is 2. The van der Waals surface area contributed by atoms with Crippen LogP contribution in [0.5, 0.6) is 0 Å². The van der Waals surface area contributed by atoms with Crippen LogP contribution in [0.15, 0.2) is 30.3 Å². The highest BCUT2D eigenvalue weighted by molar-refractivity contribution is 5.57. The number of ether oxygens (including phenoxy) is 1. The molecule has 1 aromatic carbocycles. The monoisotopic (exact) mass is 205 g/mol. The molecule has 0 aromatic heterocycles. The molecule has 0 saturated carbocycles. The van der Waals surface area contributed by atoms with Crippen LogP contribution in [-0.2, 0) is 16.1 Å². The van der Waals surface area contributed by atoms with Crippen LogP contribution in [0.3, 0.4) is 0 Å². The Morgan fingerprint density at radius 1 is 1.40 bits per heavy atom. The summed E-state index contributed by atoms with van der Waals surface area (Å²) in [5.41, 5.74) is 0.671. The molecule has 1 radical (unpaired) electrons. The van der Waals surface area contributed by atoms with Gasteiger partial charge in [-0.3, -0.25) is 0 Å². The minimum Gasteiger partial charge on any atom is -0.366 e.